The van der Waals surface area contributed by atoms with Crippen molar-refractivity contribution in [2.75, 3.05) is 12.8 Å². The maximum atomic E-state index is 12.5. The standard InChI is InChI=1S/C13H23N5O2S/c1-17-8-15-12(14)13(17)21(19,20)16-9-6-10-4-3-5-11(7-9)18(10)2/h8-11,16H,3-7,14H2,1-2H3. The Morgan fingerprint density at radius 2 is 1.90 bits per heavy atom. The molecule has 0 spiro atoms. The molecule has 21 heavy (non-hydrogen) atoms. The van der Waals surface area contributed by atoms with Gasteiger partial charge in [0.2, 0.25) is 0 Å². The van der Waals surface area contributed by atoms with E-state index in [1.165, 1.54) is 17.3 Å². The van der Waals surface area contributed by atoms with Gasteiger partial charge in [0.25, 0.3) is 10.0 Å². The van der Waals surface area contributed by atoms with Gasteiger partial charge in [0.15, 0.2) is 10.8 Å². The van der Waals surface area contributed by atoms with Crippen LogP contribution in [0, 0.1) is 0 Å². The lowest BCUT2D eigenvalue weighted by Crippen LogP contribution is -2.55. The summed E-state index contributed by atoms with van der Waals surface area (Å²) in [5.74, 6) is 0.0538. The molecule has 2 saturated heterocycles. The Kier molecular flexibility index (Phi) is 3.71. The fourth-order valence-corrected chi connectivity index (χ4v) is 5.25. The van der Waals surface area contributed by atoms with Crippen LogP contribution in [0.2, 0.25) is 0 Å². The van der Waals surface area contributed by atoms with Crippen LogP contribution in [0.5, 0.6) is 0 Å². The minimum Gasteiger partial charge on any atom is -0.381 e. The first-order valence-electron chi connectivity index (χ1n) is 7.39. The summed E-state index contributed by atoms with van der Waals surface area (Å²) in [4.78, 5) is 6.27. The number of hydrogen-bond donors (Lipinski definition) is 2. The van der Waals surface area contributed by atoms with E-state index in [0.29, 0.717) is 12.1 Å². The Morgan fingerprint density at radius 1 is 1.29 bits per heavy atom. The Bertz CT molecular complexity index is 593. The normalized spacial score (nSPS) is 30.5. The monoisotopic (exact) mass is 313 g/mol. The molecule has 2 aliphatic heterocycles. The fraction of sp³-hybridized carbons (Fsp3) is 0.769. The molecule has 3 N–H and O–H groups in total. The third-order valence-electron chi connectivity index (χ3n) is 4.83. The Labute approximate surface area is 125 Å². The second-order valence-electron chi connectivity index (χ2n) is 6.24. The SMILES string of the molecule is CN1C2CCCC1CC(NS(=O)(=O)c1c(N)ncn1C)C2. The quantitative estimate of drug-likeness (QED) is 0.837. The van der Waals surface area contributed by atoms with E-state index in [-0.39, 0.29) is 16.9 Å². The summed E-state index contributed by atoms with van der Waals surface area (Å²) < 4.78 is 29.4. The fourth-order valence-electron chi connectivity index (χ4n) is 3.75. The van der Waals surface area contributed by atoms with Crippen LogP contribution < -0.4 is 10.5 Å². The summed E-state index contributed by atoms with van der Waals surface area (Å²) >= 11 is 0. The van der Waals surface area contributed by atoms with E-state index >= 15 is 0 Å². The molecule has 3 heterocycles. The Morgan fingerprint density at radius 3 is 2.43 bits per heavy atom. The van der Waals surface area contributed by atoms with Crippen molar-refractivity contribution in [1.29, 1.82) is 0 Å². The number of fused-ring (bicyclic) bond motifs is 2. The zero-order valence-electron chi connectivity index (χ0n) is 12.5. The van der Waals surface area contributed by atoms with Crippen LogP contribution in [0.25, 0.3) is 0 Å². The third kappa shape index (κ3) is 2.67. The maximum absolute atomic E-state index is 12.5. The predicted octanol–water partition coefficient (Wildman–Crippen LogP) is 0.296. The number of hydrogen-bond acceptors (Lipinski definition) is 5. The lowest BCUT2D eigenvalue weighted by atomic mass is 9.83. The van der Waals surface area contributed by atoms with Gasteiger partial charge in [-0.25, -0.2) is 18.1 Å². The minimum atomic E-state index is -3.62. The van der Waals surface area contributed by atoms with Crippen LogP contribution in [0.4, 0.5) is 5.82 Å². The summed E-state index contributed by atoms with van der Waals surface area (Å²) in [7, 11) is 0.172. The zero-order valence-corrected chi connectivity index (χ0v) is 13.3. The molecule has 8 heteroatoms. The number of anilines is 1. The number of sulfonamides is 1. The molecular weight excluding hydrogens is 290 g/mol. The second-order valence-corrected chi connectivity index (χ2v) is 7.87. The molecule has 0 aliphatic carbocycles. The zero-order chi connectivity index (χ0) is 15.2. The molecule has 7 nitrogen and oxygen atoms in total. The van der Waals surface area contributed by atoms with Crippen molar-refractivity contribution < 1.29 is 8.42 Å². The number of rotatable bonds is 3. The maximum Gasteiger partial charge on any atom is 0.260 e. The molecule has 2 atom stereocenters. The van der Waals surface area contributed by atoms with Gasteiger partial charge in [-0.3, -0.25) is 0 Å². The number of nitrogen functional groups attached to an aromatic ring is 1. The summed E-state index contributed by atoms with van der Waals surface area (Å²) in [5.41, 5.74) is 5.69. The van der Waals surface area contributed by atoms with Crippen LogP contribution in [0.15, 0.2) is 11.4 Å². The van der Waals surface area contributed by atoms with Crippen molar-refractivity contribution in [3.05, 3.63) is 6.33 Å². The van der Waals surface area contributed by atoms with Crippen molar-refractivity contribution in [2.45, 2.75) is 55.3 Å². The van der Waals surface area contributed by atoms with Crippen molar-refractivity contribution in [2.24, 2.45) is 7.05 Å². The van der Waals surface area contributed by atoms with Gasteiger partial charge in [-0.2, -0.15) is 0 Å². The number of aromatic nitrogens is 2. The number of nitrogens with one attached hydrogen (secondary N) is 1. The Balaban J connectivity index is 1.78. The van der Waals surface area contributed by atoms with Crippen LogP contribution in [-0.2, 0) is 17.1 Å². The van der Waals surface area contributed by atoms with E-state index in [1.807, 2.05) is 0 Å². The second kappa shape index (κ2) is 5.26. The van der Waals surface area contributed by atoms with Gasteiger partial charge in [0.1, 0.15) is 0 Å². The summed E-state index contributed by atoms with van der Waals surface area (Å²) in [5, 5.41) is 0.0617. The number of aryl methyl sites for hydroxylation is 1. The van der Waals surface area contributed by atoms with Gasteiger partial charge in [0, 0.05) is 25.2 Å². The first-order chi connectivity index (χ1) is 9.88. The lowest BCUT2D eigenvalue weighted by Gasteiger charge is -2.47. The van der Waals surface area contributed by atoms with Gasteiger partial charge in [-0.15, -0.1) is 0 Å². The van der Waals surface area contributed by atoms with Crippen molar-refractivity contribution >= 4 is 15.8 Å². The summed E-state index contributed by atoms with van der Waals surface area (Å²) in [6, 6.07) is 0.943. The highest BCUT2D eigenvalue weighted by Crippen LogP contribution is 2.33. The highest BCUT2D eigenvalue weighted by molar-refractivity contribution is 7.89. The van der Waals surface area contributed by atoms with Crippen molar-refractivity contribution in [3.63, 3.8) is 0 Å². The molecule has 0 radical (unpaired) electrons. The number of nitrogens with two attached hydrogens (primary N) is 1. The first-order valence-corrected chi connectivity index (χ1v) is 8.88. The van der Waals surface area contributed by atoms with Crippen molar-refractivity contribution in [1.82, 2.24) is 19.2 Å². The van der Waals surface area contributed by atoms with Gasteiger partial charge in [-0.1, -0.05) is 6.42 Å². The highest BCUT2D eigenvalue weighted by Gasteiger charge is 2.38. The van der Waals surface area contributed by atoms with Crippen LogP contribution in [-0.4, -0.2) is 48.0 Å². The molecule has 0 saturated carbocycles. The molecule has 2 fully saturated rings. The van der Waals surface area contributed by atoms with E-state index in [2.05, 4.69) is 21.7 Å². The van der Waals surface area contributed by atoms with Crippen LogP contribution in [0.1, 0.15) is 32.1 Å². The molecule has 2 aliphatic rings. The topological polar surface area (TPSA) is 93.2 Å². The van der Waals surface area contributed by atoms with E-state index in [0.717, 1.165) is 25.7 Å². The van der Waals surface area contributed by atoms with E-state index in [9.17, 15) is 8.42 Å². The molecular formula is C13H23N5O2S. The van der Waals surface area contributed by atoms with E-state index < -0.39 is 10.0 Å². The highest BCUT2D eigenvalue weighted by atomic mass is 32.2. The largest absolute Gasteiger partial charge is 0.381 e. The van der Waals surface area contributed by atoms with E-state index in [1.54, 1.807) is 7.05 Å². The minimum absolute atomic E-state index is 0.0178. The van der Waals surface area contributed by atoms with Gasteiger partial charge >= 0.3 is 0 Å². The molecule has 0 aromatic carbocycles. The average Bonchev–Trinajstić information content (AvgIpc) is 2.70. The molecule has 3 rings (SSSR count). The number of nitrogens with zero attached hydrogens (tertiary/aromatic N) is 3. The van der Waals surface area contributed by atoms with Crippen LogP contribution >= 0.6 is 0 Å². The first kappa shape index (κ1) is 14.8. The van der Waals surface area contributed by atoms with Crippen LogP contribution in [0.3, 0.4) is 0 Å². The predicted molar refractivity (Wildman–Crippen MR) is 80.2 cm³/mol. The molecule has 0 amide bonds. The smallest absolute Gasteiger partial charge is 0.260 e. The van der Waals surface area contributed by atoms with Crippen molar-refractivity contribution in [3.8, 4) is 0 Å². The average molecular weight is 313 g/mol. The third-order valence-corrected chi connectivity index (χ3v) is 6.48. The molecule has 1 aromatic rings. The Hall–Kier alpha value is -1.12. The molecule has 2 unspecified atom stereocenters. The van der Waals surface area contributed by atoms with E-state index in [4.69, 9.17) is 5.73 Å². The molecule has 1 aromatic heterocycles. The lowest BCUT2D eigenvalue weighted by molar-refractivity contribution is 0.0536. The van der Waals surface area contributed by atoms with Gasteiger partial charge in [-0.05, 0) is 32.7 Å². The number of imidazole rings is 1. The molecule has 118 valence electrons. The summed E-state index contributed by atoms with van der Waals surface area (Å²) in [6.07, 6.45) is 6.70. The van der Waals surface area contributed by atoms with Gasteiger partial charge < -0.3 is 15.2 Å². The van der Waals surface area contributed by atoms with Gasteiger partial charge in [0.05, 0.1) is 6.33 Å². The number of piperidine rings is 2. The summed E-state index contributed by atoms with van der Waals surface area (Å²) in [6.45, 7) is 0. The molecule has 2 bridgehead atoms.